The molecule has 0 spiro atoms. The van der Waals surface area contributed by atoms with Crippen LogP contribution in [0.3, 0.4) is 0 Å². The molecule has 21 heavy (non-hydrogen) atoms. The second-order valence-electron chi connectivity index (χ2n) is 3.72. The molecule has 0 aliphatic carbocycles. The van der Waals surface area contributed by atoms with E-state index in [0.29, 0.717) is 6.20 Å². The fourth-order valence-corrected chi connectivity index (χ4v) is 3.86. The summed E-state index contributed by atoms with van der Waals surface area (Å²) in [5.74, 6) is 0. The highest BCUT2D eigenvalue weighted by atomic mass is 32.3. The fourth-order valence-electron chi connectivity index (χ4n) is 1.20. The summed E-state index contributed by atoms with van der Waals surface area (Å²) in [5, 5.41) is -0.231. The van der Waals surface area contributed by atoms with Crippen molar-refractivity contribution < 1.29 is 43.2 Å². The molecule has 0 aromatic heterocycles. The number of hydrazine groups is 1. The highest BCUT2D eigenvalue weighted by Gasteiger charge is 2.64. The maximum atomic E-state index is 12.4. The number of alkyl halides is 6. The Morgan fingerprint density at radius 1 is 0.905 bits per heavy atom. The third-order valence-corrected chi connectivity index (χ3v) is 5.66. The maximum Gasteiger partial charge on any atom is 0.514 e. The number of rotatable bonds is 3. The Balaban J connectivity index is 3.51. The van der Waals surface area contributed by atoms with E-state index in [1.54, 1.807) is 0 Å². The van der Waals surface area contributed by atoms with Crippen LogP contribution in [0.4, 0.5) is 26.3 Å². The molecule has 1 heterocycles. The SMILES string of the molecule is CN1C=CN(N(S(=O)(=O)C(F)(F)F)S(=O)(=O)C(F)(F)F)C1. The van der Waals surface area contributed by atoms with Gasteiger partial charge >= 0.3 is 31.1 Å². The predicted octanol–water partition coefficient (Wildman–Crippen LogP) is 0.579. The van der Waals surface area contributed by atoms with Gasteiger partial charge in [-0.25, -0.2) is 0 Å². The lowest BCUT2D eigenvalue weighted by atomic mass is 10.9. The van der Waals surface area contributed by atoms with Gasteiger partial charge in [-0.3, -0.25) is 5.01 Å². The lowest BCUT2D eigenvalue weighted by molar-refractivity contribution is -0.0613. The Kier molecular flexibility index (Phi) is 4.17. The molecule has 124 valence electrons. The van der Waals surface area contributed by atoms with Gasteiger partial charge in [0.2, 0.25) is 0 Å². The zero-order valence-electron chi connectivity index (χ0n) is 9.92. The average molecular weight is 363 g/mol. The average Bonchev–Trinajstić information content (AvgIpc) is 2.60. The molecule has 1 aliphatic heterocycles. The van der Waals surface area contributed by atoms with Gasteiger partial charge in [-0.2, -0.15) is 43.2 Å². The van der Waals surface area contributed by atoms with E-state index in [9.17, 15) is 43.2 Å². The van der Waals surface area contributed by atoms with E-state index in [2.05, 4.69) is 0 Å². The lowest BCUT2D eigenvalue weighted by Crippen LogP contribution is -2.55. The summed E-state index contributed by atoms with van der Waals surface area (Å²) in [6.07, 6.45) is 1.34. The summed E-state index contributed by atoms with van der Waals surface area (Å²) in [6.45, 7) is -0.843. The Labute approximate surface area is 115 Å². The van der Waals surface area contributed by atoms with Crippen LogP contribution >= 0.6 is 0 Å². The molecule has 0 atom stereocenters. The van der Waals surface area contributed by atoms with Gasteiger partial charge in [0.05, 0.1) is 0 Å². The first kappa shape index (κ1) is 17.8. The molecule has 0 N–H and O–H groups in total. The van der Waals surface area contributed by atoms with E-state index in [1.165, 1.54) is 7.05 Å². The second kappa shape index (κ2) is 4.91. The largest absolute Gasteiger partial charge is 0.514 e. The summed E-state index contributed by atoms with van der Waals surface area (Å²) in [4.78, 5) is 0.963. The third-order valence-electron chi connectivity index (χ3n) is 2.07. The van der Waals surface area contributed by atoms with Crippen LogP contribution in [0, 0.1) is 0 Å². The molecule has 0 bridgehead atoms. The van der Waals surface area contributed by atoms with Crippen molar-refractivity contribution >= 4 is 20.0 Å². The summed E-state index contributed by atoms with van der Waals surface area (Å²) >= 11 is 0. The van der Waals surface area contributed by atoms with E-state index in [0.717, 1.165) is 11.1 Å². The van der Waals surface area contributed by atoms with Crippen LogP contribution in [0.15, 0.2) is 12.4 Å². The third kappa shape index (κ3) is 3.03. The Morgan fingerprint density at radius 2 is 1.29 bits per heavy atom. The molecular weight excluding hydrogens is 356 g/mol. The molecular formula is C6H7F6N3O4S2. The van der Waals surface area contributed by atoms with Gasteiger partial charge in [-0.15, -0.1) is 0 Å². The second-order valence-corrected chi connectivity index (χ2v) is 7.46. The minimum absolute atomic E-state index is 0.231. The number of hydrogen-bond donors (Lipinski definition) is 0. The molecule has 0 amide bonds. The van der Waals surface area contributed by atoms with Crippen LogP contribution < -0.4 is 0 Å². The van der Waals surface area contributed by atoms with Crippen LogP contribution in [0.25, 0.3) is 0 Å². The van der Waals surface area contributed by atoms with Crippen LogP contribution in [0.2, 0.25) is 0 Å². The molecule has 0 unspecified atom stereocenters. The lowest BCUT2D eigenvalue weighted by Gasteiger charge is -2.30. The van der Waals surface area contributed by atoms with E-state index in [-0.39, 0.29) is 5.01 Å². The summed E-state index contributed by atoms with van der Waals surface area (Å²) in [7, 11) is -12.4. The van der Waals surface area contributed by atoms with Crippen LogP contribution in [-0.4, -0.2) is 55.3 Å². The van der Waals surface area contributed by atoms with Gasteiger partial charge in [0.25, 0.3) is 0 Å². The van der Waals surface area contributed by atoms with Crippen molar-refractivity contribution in [1.29, 1.82) is 0 Å². The smallest absolute Gasteiger partial charge is 0.360 e. The normalized spacial score (nSPS) is 17.9. The maximum absolute atomic E-state index is 12.4. The van der Waals surface area contributed by atoms with E-state index in [1.807, 2.05) is 0 Å². The zero-order chi connectivity index (χ0) is 16.9. The molecule has 0 saturated carbocycles. The van der Waals surface area contributed by atoms with Gasteiger partial charge in [-0.05, 0) is 0 Å². The Morgan fingerprint density at radius 3 is 1.52 bits per heavy atom. The van der Waals surface area contributed by atoms with Gasteiger partial charge in [0.1, 0.15) is 6.67 Å². The first-order chi connectivity index (χ1) is 9.12. The van der Waals surface area contributed by atoms with Crippen molar-refractivity contribution in [2.45, 2.75) is 11.0 Å². The standard InChI is InChI=1S/C6H7F6N3O4S2/c1-13-2-3-14(4-13)15(20(16,17)5(7,8)9)21(18,19)6(10,11)12/h2-3H,4H2,1H3. The molecule has 0 aromatic carbocycles. The molecule has 7 nitrogen and oxygen atoms in total. The minimum atomic E-state index is -6.81. The van der Waals surface area contributed by atoms with E-state index < -0.39 is 41.6 Å². The molecule has 1 aliphatic rings. The van der Waals surface area contributed by atoms with Crippen LogP contribution in [0.1, 0.15) is 0 Å². The first-order valence-corrected chi connectivity index (χ1v) is 7.58. The summed E-state index contributed by atoms with van der Waals surface area (Å²) < 4.78 is 118. The van der Waals surface area contributed by atoms with Crippen molar-refractivity contribution in [3.63, 3.8) is 0 Å². The molecule has 0 saturated heterocycles. The molecule has 0 fully saturated rings. The van der Waals surface area contributed by atoms with Gasteiger partial charge in [0, 0.05) is 23.3 Å². The topological polar surface area (TPSA) is 78.0 Å². The first-order valence-electron chi connectivity index (χ1n) is 4.70. The number of hydrogen-bond acceptors (Lipinski definition) is 6. The molecule has 1 rings (SSSR count). The Bertz CT molecular complexity index is 592. The quantitative estimate of drug-likeness (QED) is 0.683. The summed E-state index contributed by atoms with van der Waals surface area (Å²) in [5.41, 5.74) is -12.5. The molecule has 0 aromatic rings. The van der Waals surface area contributed by atoms with Gasteiger partial charge in [0.15, 0.2) is 0 Å². The van der Waals surface area contributed by atoms with Crippen LogP contribution in [0.5, 0.6) is 0 Å². The highest BCUT2D eigenvalue weighted by Crippen LogP contribution is 2.37. The number of sulfonamides is 2. The van der Waals surface area contributed by atoms with Crippen molar-refractivity contribution in [2.75, 3.05) is 13.7 Å². The summed E-state index contributed by atoms with van der Waals surface area (Å²) in [6, 6.07) is 0. The monoisotopic (exact) mass is 363 g/mol. The van der Waals surface area contributed by atoms with Crippen molar-refractivity contribution in [2.24, 2.45) is 0 Å². The van der Waals surface area contributed by atoms with E-state index in [4.69, 9.17) is 0 Å². The minimum Gasteiger partial charge on any atom is -0.360 e. The predicted molar refractivity (Wildman–Crippen MR) is 55.4 cm³/mol. The highest BCUT2D eigenvalue weighted by molar-refractivity contribution is 8.04. The number of halogens is 6. The fraction of sp³-hybridized carbons (Fsp3) is 0.667. The van der Waals surface area contributed by atoms with Gasteiger partial charge < -0.3 is 4.90 Å². The molecule has 0 radical (unpaired) electrons. The van der Waals surface area contributed by atoms with Crippen molar-refractivity contribution in [3.05, 3.63) is 12.4 Å². The number of nitrogens with zero attached hydrogens (tertiary/aromatic N) is 3. The van der Waals surface area contributed by atoms with E-state index >= 15 is 0 Å². The Hall–Kier alpha value is -1.22. The van der Waals surface area contributed by atoms with Crippen LogP contribution in [-0.2, 0) is 20.0 Å². The van der Waals surface area contributed by atoms with Crippen molar-refractivity contribution in [3.8, 4) is 0 Å². The zero-order valence-corrected chi connectivity index (χ0v) is 11.6. The van der Waals surface area contributed by atoms with Gasteiger partial charge in [-0.1, -0.05) is 0 Å². The molecule has 15 heteroatoms. The van der Waals surface area contributed by atoms with Crippen molar-refractivity contribution in [1.82, 2.24) is 13.7 Å².